The lowest BCUT2D eigenvalue weighted by Gasteiger charge is -2.40. The molecule has 0 amide bonds. The van der Waals surface area contributed by atoms with Gasteiger partial charge in [0.05, 0.1) is 23.7 Å². The number of methoxy groups -OCH3 is 1. The summed E-state index contributed by atoms with van der Waals surface area (Å²) in [5, 5.41) is 3.44. The number of hydrogen-bond acceptors (Lipinski definition) is 4. The Labute approximate surface area is 130 Å². The topological polar surface area (TPSA) is 56.1 Å². The minimum absolute atomic E-state index is 0.00971. The highest BCUT2D eigenvalue weighted by molar-refractivity contribution is 5.88. The molecule has 116 valence electrons. The average molecular weight is 299 g/mol. The SMILES string of the molecule is CNC1(c2nc3ccc(/C=C/C(=O)OC)cc3n2C)CCC1. The van der Waals surface area contributed by atoms with Crippen LogP contribution >= 0.6 is 0 Å². The predicted octanol–water partition coefficient (Wildman–Crippen LogP) is 2.36. The Morgan fingerprint density at radius 1 is 1.45 bits per heavy atom. The van der Waals surface area contributed by atoms with Gasteiger partial charge in [-0.25, -0.2) is 9.78 Å². The van der Waals surface area contributed by atoms with Crippen LogP contribution < -0.4 is 5.32 Å². The van der Waals surface area contributed by atoms with Crippen LogP contribution in [0.25, 0.3) is 17.1 Å². The van der Waals surface area contributed by atoms with E-state index in [9.17, 15) is 4.79 Å². The number of hydrogen-bond donors (Lipinski definition) is 1. The number of carbonyl (C=O) groups is 1. The molecule has 3 rings (SSSR count). The summed E-state index contributed by atoms with van der Waals surface area (Å²) >= 11 is 0. The largest absolute Gasteiger partial charge is 0.466 e. The Morgan fingerprint density at radius 2 is 2.23 bits per heavy atom. The second-order valence-corrected chi connectivity index (χ2v) is 5.78. The van der Waals surface area contributed by atoms with Crippen LogP contribution in [0, 0.1) is 0 Å². The van der Waals surface area contributed by atoms with Crippen LogP contribution in [0.2, 0.25) is 0 Å². The van der Waals surface area contributed by atoms with Gasteiger partial charge in [-0.3, -0.25) is 0 Å². The molecule has 1 aromatic heterocycles. The van der Waals surface area contributed by atoms with Gasteiger partial charge < -0.3 is 14.6 Å². The molecule has 22 heavy (non-hydrogen) atoms. The summed E-state index contributed by atoms with van der Waals surface area (Å²) in [7, 11) is 5.43. The molecule has 5 nitrogen and oxygen atoms in total. The Morgan fingerprint density at radius 3 is 2.82 bits per heavy atom. The summed E-state index contributed by atoms with van der Waals surface area (Å²) in [6.07, 6.45) is 6.66. The third-order valence-electron chi connectivity index (χ3n) is 4.63. The fourth-order valence-corrected chi connectivity index (χ4v) is 3.09. The van der Waals surface area contributed by atoms with E-state index < -0.39 is 0 Å². The lowest BCUT2D eigenvalue weighted by molar-refractivity contribution is -0.134. The van der Waals surface area contributed by atoms with Crippen molar-refractivity contribution in [2.45, 2.75) is 24.8 Å². The molecule has 1 N–H and O–H groups in total. The van der Waals surface area contributed by atoms with Gasteiger partial charge in [-0.2, -0.15) is 0 Å². The van der Waals surface area contributed by atoms with Gasteiger partial charge in [-0.05, 0) is 50.1 Å². The van der Waals surface area contributed by atoms with Crippen LogP contribution in [-0.4, -0.2) is 29.7 Å². The van der Waals surface area contributed by atoms with E-state index in [-0.39, 0.29) is 11.5 Å². The zero-order valence-electron chi connectivity index (χ0n) is 13.2. The van der Waals surface area contributed by atoms with Crippen molar-refractivity contribution in [1.29, 1.82) is 0 Å². The third-order valence-corrected chi connectivity index (χ3v) is 4.63. The zero-order chi connectivity index (χ0) is 15.7. The standard InChI is InChI=1S/C17H21N3O2/c1-18-17(9-4-10-17)16-19-13-7-5-12(6-8-15(21)22-3)11-14(13)20(16)2/h5-8,11,18H,4,9-10H2,1-3H3/b8-6+. The van der Waals surface area contributed by atoms with Crippen molar-refractivity contribution < 1.29 is 9.53 Å². The predicted molar refractivity (Wildman–Crippen MR) is 86.4 cm³/mol. The molecular formula is C17H21N3O2. The summed E-state index contributed by atoms with van der Waals surface area (Å²) in [6, 6.07) is 6.01. The Kier molecular flexibility index (Phi) is 3.74. The minimum Gasteiger partial charge on any atom is -0.466 e. The molecule has 1 aliphatic rings. The highest BCUT2D eigenvalue weighted by atomic mass is 16.5. The number of nitrogens with one attached hydrogen (secondary N) is 1. The molecule has 5 heteroatoms. The fraction of sp³-hybridized carbons (Fsp3) is 0.412. The van der Waals surface area contributed by atoms with Gasteiger partial charge in [0.15, 0.2) is 0 Å². The van der Waals surface area contributed by atoms with Crippen molar-refractivity contribution in [3.63, 3.8) is 0 Å². The molecule has 2 aromatic rings. The summed E-state index contributed by atoms with van der Waals surface area (Å²) in [5.74, 6) is 0.736. The number of carbonyl (C=O) groups excluding carboxylic acids is 1. The number of aryl methyl sites for hydroxylation is 1. The molecule has 1 aromatic carbocycles. The van der Waals surface area contributed by atoms with E-state index in [0.717, 1.165) is 35.3 Å². The van der Waals surface area contributed by atoms with Gasteiger partial charge in [-0.1, -0.05) is 6.07 Å². The number of esters is 1. The van der Waals surface area contributed by atoms with E-state index in [4.69, 9.17) is 4.98 Å². The number of ether oxygens (including phenoxy) is 1. The van der Waals surface area contributed by atoms with E-state index >= 15 is 0 Å². The molecule has 1 saturated carbocycles. The van der Waals surface area contributed by atoms with Gasteiger partial charge in [0, 0.05) is 13.1 Å². The third kappa shape index (κ3) is 2.31. The number of benzene rings is 1. The number of rotatable bonds is 4. The molecule has 0 atom stereocenters. The molecule has 0 aliphatic heterocycles. The van der Waals surface area contributed by atoms with Crippen molar-refractivity contribution in [3.05, 3.63) is 35.7 Å². The van der Waals surface area contributed by atoms with Crippen LogP contribution in [0.4, 0.5) is 0 Å². The molecular weight excluding hydrogens is 278 g/mol. The van der Waals surface area contributed by atoms with E-state index in [1.54, 1.807) is 6.08 Å². The van der Waals surface area contributed by atoms with Gasteiger partial charge in [0.1, 0.15) is 5.82 Å². The van der Waals surface area contributed by atoms with Gasteiger partial charge in [0.25, 0.3) is 0 Å². The number of fused-ring (bicyclic) bond motifs is 1. The van der Waals surface area contributed by atoms with Crippen LogP contribution in [0.3, 0.4) is 0 Å². The number of nitrogens with zero attached hydrogens (tertiary/aromatic N) is 2. The van der Waals surface area contributed by atoms with E-state index in [2.05, 4.69) is 21.7 Å². The zero-order valence-corrected chi connectivity index (χ0v) is 13.2. The number of aromatic nitrogens is 2. The fourth-order valence-electron chi connectivity index (χ4n) is 3.09. The van der Waals surface area contributed by atoms with Crippen LogP contribution in [-0.2, 0) is 22.1 Å². The number of imidazole rings is 1. The van der Waals surface area contributed by atoms with Crippen molar-refractivity contribution in [1.82, 2.24) is 14.9 Å². The lowest BCUT2D eigenvalue weighted by atomic mass is 9.76. The van der Waals surface area contributed by atoms with Gasteiger partial charge in [0.2, 0.25) is 0 Å². The summed E-state index contributed by atoms with van der Waals surface area (Å²) < 4.78 is 6.77. The van der Waals surface area contributed by atoms with Crippen molar-refractivity contribution in [2.75, 3.05) is 14.2 Å². The van der Waals surface area contributed by atoms with Crippen LogP contribution in [0.5, 0.6) is 0 Å². The lowest BCUT2D eigenvalue weighted by Crippen LogP contribution is -2.47. The Hall–Kier alpha value is -2.14. The molecule has 0 saturated heterocycles. The first-order chi connectivity index (χ1) is 10.6. The summed E-state index contributed by atoms with van der Waals surface area (Å²) in [5.41, 5.74) is 3.02. The maximum absolute atomic E-state index is 11.2. The van der Waals surface area contributed by atoms with Gasteiger partial charge in [-0.15, -0.1) is 0 Å². The minimum atomic E-state index is -0.352. The molecule has 0 spiro atoms. The van der Waals surface area contributed by atoms with Crippen molar-refractivity contribution in [3.8, 4) is 0 Å². The normalized spacial score (nSPS) is 16.9. The van der Waals surface area contributed by atoms with Crippen LogP contribution in [0.1, 0.15) is 30.7 Å². The first kappa shape index (κ1) is 14.8. The second kappa shape index (κ2) is 5.57. The monoisotopic (exact) mass is 299 g/mol. The molecule has 1 fully saturated rings. The summed E-state index contributed by atoms with van der Waals surface area (Å²) in [4.78, 5) is 16.0. The maximum Gasteiger partial charge on any atom is 0.330 e. The quantitative estimate of drug-likeness (QED) is 0.695. The van der Waals surface area contributed by atoms with E-state index in [0.29, 0.717) is 0 Å². The Balaban J connectivity index is 2.01. The first-order valence-electron chi connectivity index (χ1n) is 7.51. The van der Waals surface area contributed by atoms with E-state index in [1.807, 2.05) is 25.2 Å². The molecule has 1 heterocycles. The highest BCUT2D eigenvalue weighted by Gasteiger charge is 2.40. The highest BCUT2D eigenvalue weighted by Crippen LogP contribution is 2.41. The molecule has 0 bridgehead atoms. The maximum atomic E-state index is 11.2. The van der Waals surface area contributed by atoms with Gasteiger partial charge >= 0.3 is 5.97 Å². The van der Waals surface area contributed by atoms with Crippen molar-refractivity contribution >= 4 is 23.1 Å². The second-order valence-electron chi connectivity index (χ2n) is 5.78. The average Bonchev–Trinajstić information content (AvgIpc) is 2.82. The molecule has 1 aliphatic carbocycles. The first-order valence-corrected chi connectivity index (χ1v) is 7.51. The van der Waals surface area contributed by atoms with Crippen molar-refractivity contribution in [2.24, 2.45) is 7.05 Å². The smallest absolute Gasteiger partial charge is 0.330 e. The molecule has 0 unspecified atom stereocenters. The molecule has 0 radical (unpaired) electrons. The summed E-state index contributed by atoms with van der Waals surface area (Å²) in [6.45, 7) is 0. The Bertz CT molecular complexity index is 736. The van der Waals surface area contributed by atoms with E-state index in [1.165, 1.54) is 19.6 Å². The van der Waals surface area contributed by atoms with Crippen LogP contribution in [0.15, 0.2) is 24.3 Å².